The fourth-order valence-corrected chi connectivity index (χ4v) is 2.74. The monoisotopic (exact) mass is 307 g/mol. The molecule has 0 saturated carbocycles. The summed E-state index contributed by atoms with van der Waals surface area (Å²) in [6.45, 7) is 4.28. The predicted octanol–water partition coefficient (Wildman–Crippen LogP) is 3.51. The van der Waals surface area contributed by atoms with Crippen molar-refractivity contribution in [3.63, 3.8) is 0 Å². The van der Waals surface area contributed by atoms with Gasteiger partial charge < -0.3 is 5.11 Å². The smallest absolute Gasteiger partial charge is 0.176 e. The third-order valence-electron chi connectivity index (χ3n) is 3.97. The van der Waals surface area contributed by atoms with Crippen molar-refractivity contribution in [3.8, 4) is 11.8 Å². The van der Waals surface area contributed by atoms with Gasteiger partial charge in [-0.2, -0.15) is 0 Å². The summed E-state index contributed by atoms with van der Waals surface area (Å²) in [6.07, 6.45) is 0. The molecule has 0 radical (unpaired) electrons. The second-order valence-corrected chi connectivity index (χ2v) is 6.36. The summed E-state index contributed by atoms with van der Waals surface area (Å²) in [4.78, 5) is 2.09. The van der Waals surface area contributed by atoms with Crippen molar-refractivity contribution in [2.75, 3.05) is 14.1 Å². The molecule has 2 rings (SSSR count). The Labute approximate surface area is 139 Å². The fourth-order valence-electron chi connectivity index (χ4n) is 2.74. The Morgan fingerprint density at radius 2 is 1.30 bits per heavy atom. The summed E-state index contributed by atoms with van der Waals surface area (Å²) in [5.41, 5.74) is 0.283. The highest BCUT2D eigenvalue weighted by Crippen LogP contribution is 2.29. The Morgan fingerprint density at radius 3 is 1.65 bits per heavy atom. The first-order chi connectivity index (χ1) is 10.9. The van der Waals surface area contributed by atoms with Crippen LogP contribution in [0, 0.1) is 17.8 Å². The zero-order chi connectivity index (χ0) is 16.9. The molecule has 0 amide bonds. The number of nitrogens with zero attached hydrogens (tertiary/aromatic N) is 1. The van der Waals surface area contributed by atoms with Gasteiger partial charge in [-0.15, -0.1) is 0 Å². The second kappa shape index (κ2) is 7.46. The molecule has 0 aliphatic heterocycles. The largest absolute Gasteiger partial charge is 0.369 e. The van der Waals surface area contributed by atoms with E-state index in [0.29, 0.717) is 5.92 Å². The highest BCUT2D eigenvalue weighted by molar-refractivity contribution is 5.44. The Balaban J connectivity index is 2.53. The van der Waals surface area contributed by atoms with Crippen molar-refractivity contribution in [2.45, 2.75) is 25.5 Å². The van der Waals surface area contributed by atoms with Crippen LogP contribution >= 0.6 is 0 Å². The number of rotatable bonds is 4. The molecule has 2 heteroatoms. The molecule has 1 atom stereocenters. The Kier molecular flexibility index (Phi) is 5.60. The maximum absolute atomic E-state index is 11.4. The van der Waals surface area contributed by atoms with Gasteiger partial charge in [0.2, 0.25) is 0 Å². The van der Waals surface area contributed by atoms with Crippen LogP contribution < -0.4 is 0 Å². The topological polar surface area (TPSA) is 23.5 Å². The van der Waals surface area contributed by atoms with E-state index in [0.717, 1.165) is 11.1 Å². The van der Waals surface area contributed by atoms with Crippen LogP contribution in [0.3, 0.4) is 0 Å². The van der Waals surface area contributed by atoms with Gasteiger partial charge in [-0.3, -0.25) is 4.90 Å². The van der Waals surface area contributed by atoms with Gasteiger partial charge in [0.25, 0.3) is 0 Å². The summed E-state index contributed by atoms with van der Waals surface area (Å²) in [6, 6.07) is 19.4. The van der Waals surface area contributed by atoms with Crippen LogP contribution in [0.25, 0.3) is 0 Å². The first kappa shape index (κ1) is 17.3. The quantitative estimate of drug-likeness (QED) is 0.874. The highest BCUT2D eigenvalue weighted by Gasteiger charge is 2.29. The van der Waals surface area contributed by atoms with Crippen molar-refractivity contribution in [2.24, 2.45) is 5.92 Å². The van der Waals surface area contributed by atoms with Gasteiger partial charge in [0.1, 0.15) is 0 Å². The third kappa shape index (κ3) is 4.01. The molecule has 2 aromatic rings. The van der Waals surface area contributed by atoms with Gasteiger partial charge in [0, 0.05) is 11.1 Å². The summed E-state index contributed by atoms with van der Waals surface area (Å²) < 4.78 is 0. The van der Waals surface area contributed by atoms with Crippen molar-refractivity contribution in [3.05, 3.63) is 71.8 Å². The third-order valence-corrected chi connectivity index (χ3v) is 3.97. The van der Waals surface area contributed by atoms with Gasteiger partial charge in [0.05, 0.1) is 6.04 Å². The molecule has 120 valence electrons. The molecular weight excluding hydrogens is 282 g/mol. The Bertz CT molecular complexity index is 618. The van der Waals surface area contributed by atoms with Crippen molar-refractivity contribution >= 4 is 0 Å². The average molecular weight is 307 g/mol. The van der Waals surface area contributed by atoms with Crippen LogP contribution in [-0.4, -0.2) is 30.1 Å². The molecule has 0 saturated heterocycles. The lowest BCUT2D eigenvalue weighted by Crippen LogP contribution is -2.33. The van der Waals surface area contributed by atoms with E-state index in [4.69, 9.17) is 0 Å². The molecule has 0 bridgehead atoms. The summed E-state index contributed by atoms with van der Waals surface area (Å²) in [5.74, 6) is 6.82. The summed E-state index contributed by atoms with van der Waals surface area (Å²) >= 11 is 0. The molecule has 2 aromatic carbocycles. The van der Waals surface area contributed by atoms with Gasteiger partial charge in [-0.25, -0.2) is 0 Å². The molecular formula is C21H25NO. The van der Waals surface area contributed by atoms with E-state index in [1.54, 1.807) is 0 Å². The van der Waals surface area contributed by atoms with E-state index in [1.807, 2.05) is 74.8 Å². The van der Waals surface area contributed by atoms with E-state index in [9.17, 15) is 5.11 Å². The van der Waals surface area contributed by atoms with Crippen molar-refractivity contribution in [1.82, 2.24) is 4.90 Å². The molecule has 2 nitrogen and oxygen atoms in total. The molecule has 1 N–H and O–H groups in total. The van der Waals surface area contributed by atoms with Gasteiger partial charge >= 0.3 is 0 Å². The minimum Gasteiger partial charge on any atom is -0.369 e. The van der Waals surface area contributed by atoms with Gasteiger partial charge in [-0.05, 0) is 20.0 Å². The minimum absolute atomic E-state index is 0.0916. The first-order valence-electron chi connectivity index (χ1n) is 7.97. The Morgan fingerprint density at radius 1 is 0.870 bits per heavy atom. The Hall–Kier alpha value is -2.08. The lowest BCUT2D eigenvalue weighted by Gasteiger charge is -2.26. The lowest BCUT2D eigenvalue weighted by atomic mass is 9.86. The number of benzene rings is 2. The number of hydrogen-bond donors (Lipinski definition) is 1. The molecule has 0 spiro atoms. The molecule has 0 heterocycles. The van der Waals surface area contributed by atoms with Crippen molar-refractivity contribution < 1.29 is 5.11 Å². The average Bonchev–Trinajstić information content (AvgIpc) is 2.55. The summed E-state index contributed by atoms with van der Waals surface area (Å²) in [7, 11) is 4.03. The zero-order valence-electron chi connectivity index (χ0n) is 14.3. The van der Waals surface area contributed by atoms with E-state index in [-0.39, 0.29) is 6.04 Å². The molecule has 0 aromatic heterocycles. The van der Waals surface area contributed by atoms with Crippen LogP contribution in [0.1, 0.15) is 25.0 Å². The molecule has 23 heavy (non-hydrogen) atoms. The second-order valence-electron chi connectivity index (χ2n) is 6.36. The van der Waals surface area contributed by atoms with Gasteiger partial charge in [-0.1, -0.05) is 86.4 Å². The van der Waals surface area contributed by atoms with Crippen LogP contribution in [0.2, 0.25) is 0 Å². The molecule has 0 fully saturated rings. The lowest BCUT2D eigenvalue weighted by molar-refractivity contribution is 0.144. The normalized spacial score (nSPS) is 12.8. The first-order valence-corrected chi connectivity index (χ1v) is 7.97. The number of aliphatic hydroxyl groups is 1. The molecule has 0 aliphatic rings. The molecule has 0 aliphatic carbocycles. The highest BCUT2D eigenvalue weighted by atomic mass is 16.3. The standard InChI is InChI=1S/C21H25NO/c1-17(2)20(22(3)4)15-16-21(23,18-11-7-5-8-12-18)19-13-9-6-10-14-19/h5-14,17,20,23H,1-4H3/t20-/m0/s1. The van der Waals surface area contributed by atoms with Crippen LogP contribution in [0.4, 0.5) is 0 Å². The fraction of sp³-hybridized carbons (Fsp3) is 0.333. The molecule has 0 unspecified atom stereocenters. The van der Waals surface area contributed by atoms with E-state index in [1.165, 1.54) is 0 Å². The maximum atomic E-state index is 11.4. The van der Waals surface area contributed by atoms with Crippen LogP contribution in [-0.2, 0) is 5.60 Å². The SMILES string of the molecule is CC(C)[C@H](C#CC(O)(c1ccccc1)c1ccccc1)N(C)C. The van der Waals surface area contributed by atoms with Crippen molar-refractivity contribution in [1.29, 1.82) is 0 Å². The predicted molar refractivity (Wildman–Crippen MR) is 96.0 cm³/mol. The van der Waals surface area contributed by atoms with Crippen LogP contribution in [0.5, 0.6) is 0 Å². The number of hydrogen-bond acceptors (Lipinski definition) is 2. The van der Waals surface area contributed by atoms with Crippen LogP contribution in [0.15, 0.2) is 60.7 Å². The minimum atomic E-state index is -1.30. The van der Waals surface area contributed by atoms with E-state index in [2.05, 4.69) is 30.6 Å². The van der Waals surface area contributed by atoms with Gasteiger partial charge in [0.15, 0.2) is 5.60 Å². The summed E-state index contributed by atoms with van der Waals surface area (Å²) in [5, 5.41) is 11.4. The zero-order valence-corrected chi connectivity index (χ0v) is 14.3. The van der Waals surface area contributed by atoms with E-state index < -0.39 is 5.60 Å². The maximum Gasteiger partial charge on any atom is 0.176 e. The van der Waals surface area contributed by atoms with E-state index >= 15 is 0 Å².